The van der Waals surface area contributed by atoms with E-state index in [2.05, 4.69) is 11.7 Å². The molecule has 1 atom stereocenters. The lowest BCUT2D eigenvalue weighted by molar-refractivity contribution is -0.161. The van der Waals surface area contributed by atoms with Crippen LogP contribution in [-0.4, -0.2) is 25.2 Å². The first-order valence-corrected chi connectivity index (χ1v) is 10.0. The molecular formula is C20H38O4. The number of unbranched alkanes of at least 4 members (excludes halogenated alkanes) is 12. The molecule has 0 fully saturated rings. The molecule has 0 N–H and O–H groups in total. The highest BCUT2D eigenvalue weighted by atomic mass is 16.6. The summed E-state index contributed by atoms with van der Waals surface area (Å²) >= 11 is 0. The third-order valence-electron chi connectivity index (χ3n) is 4.35. The number of rotatable bonds is 18. The molecule has 0 saturated heterocycles. The molecule has 0 aliphatic rings. The topological polar surface area (TPSA) is 52.6 Å². The van der Waals surface area contributed by atoms with Gasteiger partial charge in [0.1, 0.15) is 0 Å². The van der Waals surface area contributed by atoms with Crippen molar-refractivity contribution in [2.45, 2.75) is 110 Å². The first-order chi connectivity index (χ1) is 11.8. The van der Waals surface area contributed by atoms with Crippen molar-refractivity contribution in [2.75, 3.05) is 6.61 Å². The summed E-state index contributed by atoms with van der Waals surface area (Å²) in [6.45, 7) is 4.78. The number of carbonyl (C=O) groups is 2. The zero-order valence-electron chi connectivity index (χ0n) is 15.9. The van der Waals surface area contributed by atoms with Gasteiger partial charge >= 0.3 is 5.97 Å². The number of hydrogen-bond acceptors (Lipinski definition) is 4. The molecule has 0 spiro atoms. The molecule has 142 valence electrons. The monoisotopic (exact) mass is 342 g/mol. The fourth-order valence-electron chi connectivity index (χ4n) is 2.77. The molecule has 0 aromatic heterocycles. The predicted molar refractivity (Wildman–Crippen MR) is 97.9 cm³/mol. The maximum atomic E-state index is 11.6. The van der Waals surface area contributed by atoms with Gasteiger partial charge in [-0.15, -0.1) is 0 Å². The van der Waals surface area contributed by atoms with Gasteiger partial charge in [0.15, 0.2) is 6.10 Å². The van der Waals surface area contributed by atoms with Crippen molar-refractivity contribution in [1.82, 2.24) is 0 Å². The lowest BCUT2D eigenvalue weighted by atomic mass is 10.0. The second kappa shape index (κ2) is 18.3. The van der Waals surface area contributed by atoms with Gasteiger partial charge in [0.25, 0.3) is 6.47 Å². The van der Waals surface area contributed by atoms with Gasteiger partial charge in [0, 0.05) is 0 Å². The minimum absolute atomic E-state index is 0.306. The average molecular weight is 343 g/mol. The molecule has 0 amide bonds. The van der Waals surface area contributed by atoms with Gasteiger partial charge in [-0.05, 0) is 12.8 Å². The zero-order valence-corrected chi connectivity index (χ0v) is 15.9. The lowest BCUT2D eigenvalue weighted by Gasteiger charge is -2.12. The molecule has 0 aliphatic heterocycles. The van der Waals surface area contributed by atoms with E-state index in [4.69, 9.17) is 4.74 Å². The molecule has 0 aliphatic carbocycles. The minimum atomic E-state index is -0.746. The van der Waals surface area contributed by atoms with Crippen LogP contribution in [0.15, 0.2) is 0 Å². The van der Waals surface area contributed by atoms with E-state index >= 15 is 0 Å². The smallest absolute Gasteiger partial charge is 0.347 e. The van der Waals surface area contributed by atoms with Gasteiger partial charge in [-0.1, -0.05) is 90.9 Å². The van der Waals surface area contributed by atoms with Crippen LogP contribution in [0.3, 0.4) is 0 Å². The van der Waals surface area contributed by atoms with Crippen LogP contribution in [0.25, 0.3) is 0 Å². The van der Waals surface area contributed by atoms with Crippen molar-refractivity contribution in [3.05, 3.63) is 0 Å². The van der Waals surface area contributed by atoms with Crippen LogP contribution in [-0.2, 0) is 19.1 Å². The molecule has 0 aromatic rings. The van der Waals surface area contributed by atoms with Crippen LogP contribution >= 0.6 is 0 Å². The Morgan fingerprint density at radius 3 is 1.67 bits per heavy atom. The van der Waals surface area contributed by atoms with Gasteiger partial charge in [0.2, 0.25) is 0 Å². The molecule has 0 heterocycles. The quantitative estimate of drug-likeness (QED) is 0.185. The Kier molecular flexibility index (Phi) is 17.5. The van der Waals surface area contributed by atoms with Gasteiger partial charge in [-0.3, -0.25) is 4.79 Å². The maximum Gasteiger partial charge on any atom is 0.347 e. The third kappa shape index (κ3) is 14.5. The van der Waals surface area contributed by atoms with E-state index in [1.165, 1.54) is 70.6 Å². The molecular weight excluding hydrogens is 304 g/mol. The zero-order chi connectivity index (χ0) is 17.9. The van der Waals surface area contributed by atoms with E-state index in [0.29, 0.717) is 19.5 Å². The molecule has 1 unspecified atom stereocenters. The Balaban J connectivity index is 3.25. The summed E-state index contributed by atoms with van der Waals surface area (Å²) < 4.78 is 9.79. The predicted octanol–water partition coefficient (Wildman–Crippen LogP) is 5.57. The Morgan fingerprint density at radius 2 is 1.25 bits per heavy atom. The second-order valence-electron chi connectivity index (χ2n) is 6.54. The highest BCUT2D eigenvalue weighted by molar-refractivity contribution is 5.75. The largest absolute Gasteiger partial charge is 0.463 e. The fraction of sp³-hybridized carbons (Fsp3) is 0.900. The highest BCUT2D eigenvalue weighted by Crippen LogP contribution is 2.12. The van der Waals surface area contributed by atoms with E-state index in [1.807, 2.05) is 0 Å². The second-order valence-corrected chi connectivity index (χ2v) is 6.54. The molecule has 4 nitrogen and oxygen atoms in total. The third-order valence-corrected chi connectivity index (χ3v) is 4.35. The first-order valence-electron chi connectivity index (χ1n) is 10.0. The Hall–Kier alpha value is -1.06. The molecule has 24 heavy (non-hydrogen) atoms. The van der Waals surface area contributed by atoms with Crippen molar-refractivity contribution >= 4 is 12.4 Å². The van der Waals surface area contributed by atoms with Crippen LogP contribution in [0.5, 0.6) is 0 Å². The molecule has 0 aromatic carbocycles. The van der Waals surface area contributed by atoms with E-state index in [-0.39, 0.29) is 0 Å². The number of esters is 1. The summed E-state index contributed by atoms with van der Waals surface area (Å²) in [6.07, 6.45) is 16.5. The van der Waals surface area contributed by atoms with Crippen molar-refractivity contribution < 1.29 is 19.1 Å². The van der Waals surface area contributed by atoms with Gasteiger partial charge in [-0.25, -0.2) is 4.79 Å². The SMILES string of the molecule is CCCCCCCCCCCCCCCOC(=O)C(CC)OC=O. The van der Waals surface area contributed by atoms with Gasteiger partial charge in [-0.2, -0.15) is 0 Å². The molecule has 4 heteroatoms. The first kappa shape index (κ1) is 22.9. The van der Waals surface area contributed by atoms with E-state index in [9.17, 15) is 9.59 Å². The maximum absolute atomic E-state index is 11.6. The van der Waals surface area contributed by atoms with Gasteiger partial charge < -0.3 is 9.47 Å². The summed E-state index contributed by atoms with van der Waals surface area (Å²) in [5, 5.41) is 0. The number of carbonyl (C=O) groups excluding carboxylic acids is 2. The molecule has 0 radical (unpaired) electrons. The van der Waals surface area contributed by atoms with Crippen LogP contribution in [0.1, 0.15) is 104 Å². The Labute approximate surface area is 148 Å². The molecule has 0 rings (SSSR count). The molecule has 0 saturated carbocycles. The average Bonchev–Trinajstić information content (AvgIpc) is 2.59. The Morgan fingerprint density at radius 1 is 0.792 bits per heavy atom. The lowest BCUT2D eigenvalue weighted by Crippen LogP contribution is -2.25. The number of ether oxygens (including phenoxy) is 2. The van der Waals surface area contributed by atoms with Crippen molar-refractivity contribution in [3.8, 4) is 0 Å². The van der Waals surface area contributed by atoms with Crippen molar-refractivity contribution in [1.29, 1.82) is 0 Å². The fourth-order valence-corrected chi connectivity index (χ4v) is 2.77. The summed E-state index contributed by atoms with van der Waals surface area (Å²) in [6, 6.07) is 0. The number of hydrogen-bond donors (Lipinski definition) is 0. The van der Waals surface area contributed by atoms with E-state index < -0.39 is 12.1 Å². The Bertz CT molecular complexity index is 291. The minimum Gasteiger partial charge on any atom is -0.463 e. The van der Waals surface area contributed by atoms with Crippen LogP contribution in [0.2, 0.25) is 0 Å². The summed E-state index contributed by atoms with van der Waals surface area (Å²) in [5.41, 5.74) is 0. The standard InChI is InChI=1S/C20H38O4/c1-3-5-6-7-8-9-10-11-12-13-14-15-16-17-23-20(22)19(4-2)24-18-21/h18-19H,3-17H2,1-2H3. The normalized spacial score (nSPS) is 11.9. The van der Waals surface area contributed by atoms with Crippen LogP contribution in [0, 0.1) is 0 Å². The summed E-state index contributed by atoms with van der Waals surface area (Å²) in [5.74, 6) is -0.427. The highest BCUT2D eigenvalue weighted by Gasteiger charge is 2.18. The summed E-state index contributed by atoms with van der Waals surface area (Å²) in [4.78, 5) is 21.8. The van der Waals surface area contributed by atoms with Crippen molar-refractivity contribution in [2.24, 2.45) is 0 Å². The molecule has 0 bridgehead atoms. The summed E-state index contributed by atoms with van der Waals surface area (Å²) in [7, 11) is 0. The van der Waals surface area contributed by atoms with Crippen LogP contribution < -0.4 is 0 Å². The van der Waals surface area contributed by atoms with Crippen molar-refractivity contribution in [3.63, 3.8) is 0 Å². The van der Waals surface area contributed by atoms with E-state index in [0.717, 1.165) is 12.8 Å². The van der Waals surface area contributed by atoms with Gasteiger partial charge in [0.05, 0.1) is 6.61 Å². The van der Waals surface area contributed by atoms with E-state index in [1.54, 1.807) is 6.92 Å². The van der Waals surface area contributed by atoms with Crippen LogP contribution in [0.4, 0.5) is 0 Å².